The van der Waals surface area contributed by atoms with E-state index in [2.05, 4.69) is 27.8 Å². The maximum atomic E-state index is 11.4. The molecule has 0 aromatic rings. The molecule has 0 aromatic heterocycles. The number of amides is 1. The molecule has 0 saturated carbocycles. The van der Waals surface area contributed by atoms with Gasteiger partial charge in [0.2, 0.25) is 0 Å². The summed E-state index contributed by atoms with van der Waals surface area (Å²) in [6, 6.07) is -0.204. The standard InChI is InChI=1S/C7H9BrN2OS/c1-4(8)3-10-6(11)5(2)9-7(10)12/h5H,1,3H2,2H3,(H,9,12). The molecule has 12 heavy (non-hydrogen) atoms. The molecule has 1 saturated heterocycles. The lowest BCUT2D eigenvalue weighted by Gasteiger charge is -2.12. The van der Waals surface area contributed by atoms with Gasteiger partial charge in [-0.3, -0.25) is 9.69 Å². The summed E-state index contributed by atoms with van der Waals surface area (Å²) in [6.07, 6.45) is 0. The smallest absolute Gasteiger partial charge is 0.251 e. The van der Waals surface area contributed by atoms with Crippen LogP contribution in [0.25, 0.3) is 0 Å². The summed E-state index contributed by atoms with van der Waals surface area (Å²) in [7, 11) is 0. The van der Waals surface area contributed by atoms with Crippen molar-refractivity contribution in [2.75, 3.05) is 6.54 Å². The minimum Gasteiger partial charge on any atom is -0.351 e. The number of carbonyl (C=O) groups excluding carboxylic acids is 1. The predicted octanol–water partition coefficient (Wildman–Crippen LogP) is 1.00. The third-order valence-corrected chi connectivity index (χ3v) is 2.14. The van der Waals surface area contributed by atoms with E-state index in [0.717, 1.165) is 4.48 Å². The number of nitrogens with one attached hydrogen (secondary N) is 1. The zero-order valence-electron chi connectivity index (χ0n) is 6.63. The molecule has 66 valence electrons. The van der Waals surface area contributed by atoms with E-state index in [9.17, 15) is 4.79 Å². The Bertz CT molecular complexity index is 254. The van der Waals surface area contributed by atoms with Crippen molar-refractivity contribution in [1.82, 2.24) is 10.2 Å². The van der Waals surface area contributed by atoms with Crippen molar-refractivity contribution in [3.05, 3.63) is 11.1 Å². The quantitative estimate of drug-likeness (QED) is 0.741. The van der Waals surface area contributed by atoms with Crippen molar-refractivity contribution in [2.45, 2.75) is 13.0 Å². The third kappa shape index (κ3) is 1.84. The molecule has 0 bridgehead atoms. The lowest BCUT2D eigenvalue weighted by molar-refractivity contribution is -0.126. The molecular weight excluding hydrogens is 240 g/mol. The Morgan fingerprint density at radius 1 is 1.92 bits per heavy atom. The highest BCUT2D eigenvalue weighted by Gasteiger charge is 2.31. The minimum atomic E-state index is -0.204. The van der Waals surface area contributed by atoms with Crippen LogP contribution >= 0.6 is 28.1 Å². The Morgan fingerprint density at radius 3 is 2.83 bits per heavy atom. The second-order valence-corrected chi connectivity index (χ2v) is 4.12. The first-order valence-electron chi connectivity index (χ1n) is 3.47. The first-order chi connectivity index (χ1) is 5.52. The molecule has 1 N–H and O–H groups in total. The van der Waals surface area contributed by atoms with Crippen LogP contribution in [0.5, 0.6) is 0 Å². The van der Waals surface area contributed by atoms with Gasteiger partial charge in [-0.2, -0.15) is 0 Å². The Labute approximate surface area is 84.9 Å². The van der Waals surface area contributed by atoms with Crippen molar-refractivity contribution in [1.29, 1.82) is 0 Å². The van der Waals surface area contributed by atoms with E-state index in [0.29, 0.717) is 11.7 Å². The molecule has 1 amide bonds. The molecule has 1 unspecified atom stereocenters. The van der Waals surface area contributed by atoms with E-state index in [1.54, 1.807) is 6.92 Å². The number of hydrogen-bond donors (Lipinski definition) is 1. The maximum Gasteiger partial charge on any atom is 0.251 e. The van der Waals surface area contributed by atoms with Crippen molar-refractivity contribution in [3.8, 4) is 0 Å². The van der Waals surface area contributed by atoms with Gasteiger partial charge in [-0.05, 0) is 19.1 Å². The molecule has 0 aromatic carbocycles. The molecule has 0 radical (unpaired) electrons. The zero-order chi connectivity index (χ0) is 9.30. The van der Waals surface area contributed by atoms with Gasteiger partial charge in [0.05, 0.1) is 6.54 Å². The highest BCUT2D eigenvalue weighted by Crippen LogP contribution is 2.11. The van der Waals surface area contributed by atoms with E-state index < -0.39 is 0 Å². The van der Waals surface area contributed by atoms with Gasteiger partial charge in [0.1, 0.15) is 6.04 Å². The van der Waals surface area contributed by atoms with E-state index in [1.165, 1.54) is 4.90 Å². The highest BCUT2D eigenvalue weighted by molar-refractivity contribution is 9.11. The first kappa shape index (κ1) is 9.67. The van der Waals surface area contributed by atoms with Gasteiger partial charge in [0.15, 0.2) is 5.11 Å². The van der Waals surface area contributed by atoms with Gasteiger partial charge in [-0.15, -0.1) is 0 Å². The summed E-state index contributed by atoms with van der Waals surface area (Å²) in [5.74, 6) is 0.000556. The summed E-state index contributed by atoms with van der Waals surface area (Å²) in [4.78, 5) is 12.9. The number of hydrogen-bond acceptors (Lipinski definition) is 2. The molecule has 1 aliphatic rings. The van der Waals surface area contributed by atoms with Gasteiger partial charge in [0.25, 0.3) is 5.91 Å². The van der Waals surface area contributed by atoms with Crippen molar-refractivity contribution >= 4 is 39.2 Å². The molecule has 1 atom stereocenters. The summed E-state index contributed by atoms with van der Waals surface area (Å²) in [6.45, 7) is 5.87. The molecule has 5 heteroatoms. The third-order valence-electron chi connectivity index (χ3n) is 1.55. The molecule has 1 heterocycles. The molecule has 0 aliphatic carbocycles. The lowest BCUT2D eigenvalue weighted by Crippen LogP contribution is -2.31. The summed E-state index contributed by atoms with van der Waals surface area (Å²) >= 11 is 8.13. The zero-order valence-corrected chi connectivity index (χ0v) is 9.04. The van der Waals surface area contributed by atoms with Gasteiger partial charge in [0, 0.05) is 4.48 Å². The summed E-state index contributed by atoms with van der Waals surface area (Å²) < 4.78 is 0.745. The largest absolute Gasteiger partial charge is 0.351 e. The molecule has 1 rings (SSSR count). The van der Waals surface area contributed by atoms with Crippen LogP contribution < -0.4 is 5.32 Å². The van der Waals surface area contributed by atoms with Gasteiger partial charge in [-0.25, -0.2) is 0 Å². The molecule has 3 nitrogen and oxygen atoms in total. The Morgan fingerprint density at radius 2 is 2.50 bits per heavy atom. The van der Waals surface area contributed by atoms with Crippen molar-refractivity contribution in [2.24, 2.45) is 0 Å². The normalized spacial score (nSPS) is 22.8. The molecule has 1 fully saturated rings. The number of thiocarbonyl (C=S) groups is 1. The first-order valence-corrected chi connectivity index (χ1v) is 4.67. The molecular formula is C7H9BrN2OS. The Hall–Kier alpha value is -0.420. The summed E-state index contributed by atoms with van der Waals surface area (Å²) in [5, 5.41) is 3.35. The molecule has 1 aliphatic heterocycles. The topological polar surface area (TPSA) is 32.3 Å². The predicted molar refractivity (Wildman–Crippen MR) is 55.0 cm³/mol. The Kier molecular flexibility index (Phi) is 2.85. The van der Waals surface area contributed by atoms with Crippen LogP contribution in [-0.2, 0) is 4.79 Å². The van der Waals surface area contributed by atoms with Crippen LogP contribution in [-0.4, -0.2) is 28.5 Å². The SMILES string of the molecule is C=C(Br)CN1C(=O)C(C)NC1=S. The van der Waals surface area contributed by atoms with Gasteiger partial charge in [-0.1, -0.05) is 22.5 Å². The van der Waals surface area contributed by atoms with Crippen LogP contribution in [0.2, 0.25) is 0 Å². The van der Waals surface area contributed by atoms with E-state index in [-0.39, 0.29) is 11.9 Å². The Balaban J connectivity index is 2.70. The van der Waals surface area contributed by atoms with Crippen molar-refractivity contribution < 1.29 is 4.79 Å². The van der Waals surface area contributed by atoms with Crippen LogP contribution in [0.4, 0.5) is 0 Å². The average Bonchev–Trinajstić information content (AvgIpc) is 2.16. The summed E-state index contributed by atoms with van der Waals surface area (Å²) in [5.41, 5.74) is 0. The highest BCUT2D eigenvalue weighted by atomic mass is 79.9. The van der Waals surface area contributed by atoms with E-state index >= 15 is 0 Å². The number of halogens is 1. The van der Waals surface area contributed by atoms with Gasteiger partial charge < -0.3 is 5.32 Å². The number of carbonyl (C=O) groups is 1. The fraction of sp³-hybridized carbons (Fsp3) is 0.429. The van der Waals surface area contributed by atoms with Crippen LogP contribution in [0, 0.1) is 0 Å². The maximum absolute atomic E-state index is 11.4. The van der Waals surface area contributed by atoms with Crippen LogP contribution in [0.3, 0.4) is 0 Å². The fourth-order valence-electron chi connectivity index (χ4n) is 0.980. The fourth-order valence-corrected chi connectivity index (χ4v) is 1.56. The van der Waals surface area contributed by atoms with Crippen molar-refractivity contribution in [3.63, 3.8) is 0 Å². The van der Waals surface area contributed by atoms with Crippen LogP contribution in [0.1, 0.15) is 6.92 Å². The lowest BCUT2D eigenvalue weighted by atomic mass is 10.3. The second-order valence-electron chi connectivity index (χ2n) is 2.61. The van der Waals surface area contributed by atoms with Gasteiger partial charge >= 0.3 is 0 Å². The second kappa shape index (κ2) is 3.53. The van der Waals surface area contributed by atoms with Crippen LogP contribution in [0.15, 0.2) is 11.1 Å². The monoisotopic (exact) mass is 248 g/mol. The van der Waals surface area contributed by atoms with E-state index in [4.69, 9.17) is 12.2 Å². The minimum absolute atomic E-state index is 0.000556. The number of nitrogens with zero attached hydrogens (tertiary/aromatic N) is 1. The van der Waals surface area contributed by atoms with E-state index in [1.807, 2.05) is 0 Å². The molecule has 0 spiro atoms. The number of rotatable bonds is 2. The average molecular weight is 249 g/mol.